The van der Waals surface area contributed by atoms with E-state index in [-0.39, 0.29) is 31.6 Å². The summed E-state index contributed by atoms with van der Waals surface area (Å²) in [5.41, 5.74) is 5.94. The van der Waals surface area contributed by atoms with Crippen molar-refractivity contribution in [3.63, 3.8) is 0 Å². The molecule has 2 fully saturated rings. The molecular weight excluding hydrogens is 371 g/mol. The number of nitrogens with two attached hydrogens (primary N) is 1. The van der Waals surface area contributed by atoms with Crippen LogP contribution in [-0.4, -0.2) is 61.9 Å². The van der Waals surface area contributed by atoms with E-state index in [1.54, 1.807) is 17.0 Å². The lowest BCUT2D eigenvalue weighted by Crippen LogP contribution is -2.38. The van der Waals surface area contributed by atoms with Crippen LogP contribution >= 0.6 is 0 Å². The van der Waals surface area contributed by atoms with Crippen LogP contribution in [0.1, 0.15) is 19.8 Å². The summed E-state index contributed by atoms with van der Waals surface area (Å²) < 4.78 is 20.0. The van der Waals surface area contributed by atoms with Gasteiger partial charge in [0.1, 0.15) is 17.7 Å². The Balaban J connectivity index is 1.68. The number of ether oxygens (including phenoxy) is 1. The molecule has 1 atom stereocenters. The Hall–Kier alpha value is -2.88. The van der Waals surface area contributed by atoms with Gasteiger partial charge in [0.15, 0.2) is 0 Å². The number of carbonyl (C=O) groups is 3. The van der Waals surface area contributed by atoms with E-state index >= 15 is 0 Å². The van der Waals surface area contributed by atoms with Gasteiger partial charge in [-0.15, -0.1) is 0 Å². The molecule has 0 saturated carbocycles. The number of ketones is 1. The fourth-order valence-corrected chi connectivity index (χ4v) is 3.23. The predicted molar refractivity (Wildman–Crippen MR) is 98.4 cm³/mol. The Bertz CT molecular complexity index is 774. The molecule has 0 radical (unpaired) electrons. The molecule has 0 aliphatic carbocycles. The van der Waals surface area contributed by atoms with E-state index in [0.29, 0.717) is 37.3 Å². The van der Waals surface area contributed by atoms with Gasteiger partial charge >= 0.3 is 12.1 Å². The van der Waals surface area contributed by atoms with Gasteiger partial charge in [0.2, 0.25) is 0 Å². The maximum atomic E-state index is 14.7. The summed E-state index contributed by atoms with van der Waals surface area (Å²) in [7, 11) is 0. The molecule has 0 unspecified atom stereocenters. The number of primary amides is 1. The highest BCUT2D eigenvalue weighted by atomic mass is 19.1. The van der Waals surface area contributed by atoms with Crippen molar-refractivity contribution in [1.82, 2.24) is 5.06 Å². The zero-order chi connectivity index (χ0) is 20.3. The summed E-state index contributed by atoms with van der Waals surface area (Å²) in [5.74, 6) is -0.466. The standard InChI is InChI=1S/C18H23FN4O5/c1-12(24)2-4-14-11-22(18(26)28-14)13-3-5-16(15(19)10-13)21-6-7-23(17(20)25)27-9-8-21/h3,5,10,14H,2,4,6-9,11H2,1H3,(H2,20,25)/t14-/m0/s1. The second-order valence-corrected chi connectivity index (χ2v) is 6.75. The van der Waals surface area contributed by atoms with Gasteiger partial charge in [-0.2, -0.15) is 0 Å². The van der Waals surface area contributed by atoms with Gasteiger partial charge in [0.05, 0.1) is 31.1 Å². The minimum absolute atomic E-state index is 0.0289. The van der Waals surface area contributed by atoms with E-state index in [1.807, 2.05) is 0 Å². The monoisotopic (exact) mass is 394 g/mol. The largest absolute Gasteiger partial charge is 0.444 e. The van der Waals surface area contributed by atoms with Gasteiger partial charge in [0, 0.05) is 19.5 Å². The highest BCUT2D eigenvalue weighted by Crippen LogP contribution is 2.29. The van der Waals surface area contributed by atoms with Gasteiger partial charge in [-0.3, -0.25) is 9.74 Å². The molecule has 2 aliphatic heterocycles. The van der Waals surface area contributed by atoms with Crippen LogP contribution in [0, 0.1) is 5.82 Å². The smallest absolute Gasteiger partial charge is 0.414 e. The van der Waals surface area contributed by atoms with Gasteiger partial charge in [0.25, 0.3) is 0 Å². The zero-order valence-electron chi connectivity index (χ0n) is 15.6. The highest BCUT2D eigenvalue weighted by molar-refractivity contribution is 5.90. The maximum Gasteiger partial charge on any atom is 0.414 e. The lowest BCUT2D eigenvalue weighted by Gasteiger charge is -2.23. The fraction of sp³-hybridized carbons (Fsp3) is 0.500. The van der Waals surface area contributed by atoms with Crippen LogP contribution in [0.3, 0.4) is 0 Å². The van der Waals surface area contributed by atoms with Crippen molar-refractivity contribution in [2.45, 2.75) is 25.9 Å². The minimum Gasteiger partial charge on any atom is -0.444 e. The molecule has 2 N–H and O–H groups in total. The highest BCUT2D eigenvalue weighted by Gasteiger charge is 2.33. The number of hydrogen-bond donors (Lipinski definition) is 1. The number of nitrogens with zero attached hydrogens (tertiary/aromatic N) is 3. The van der Waals surface area contributed by atoms with Crippen molar-refractivity contribution in [3.8, 4) is 0 Å². The van der Waals surface area contributed by atoms with Crippen LogP contribution in [0.5, 0.6) is 0 Å². The van der Waals surface area contributed by atoms with E-state index in [1.165, 1.54) is 17.9 Å². The number of cyclic esters (lactones) is 1. The van der Waals surface area contributed by atoms with Crippen LogP contribution in [0.2, 0.25) is 0 Å². The van der Waals surface area contributed by atoms with Crippen LogP contribution in [0.25, 0.3) is 0 Å². The lowest BCUT2D eigenvalue weighted by atomic mass is 10.1. The third-order valence-corrected chi connectivity index (χ3v) is 4.70. The first kappa shape index (κ1) is 19.9. The zero-order valence-corrected chi connectivity index (χ0v) is 15.6. The first-order valence-electron chi connectivity index (χ1n) is 9.07. The van der Waals surface area contributed by atoms with E-state index in [0.717, 1.165) is 5.06 Å². The number of urea groups is 1. The molecule has 152 valence electrons. The summed E-state index contributed by atoms with van der Waals surface area (Å²) in [6.45, 7) is 2.92. The molecule has 9 nitrogen and oxygen atoms in total. The van der Waals surface area contributed by atoms with Crippen molar-refractivity contribution < 1.29 is 28.3 Å². The number of halogens is 1. The molecule has 0 bridgehead atoms. The van der Waals surface area contributed by atoms with Crippen LogP contribution in [0.4, 0.5) is 25.4 Å². The molecule has 3 rings (SSSR count). The Morgan fingerprint density at radius 3 is 2.75 bits per heavy atom. The van der Waals surface area contributed by atoms with Crippen molar-refractivity contribution in [1.29, 1.82) is 0 Å². The van der Waals surface area contributed by atoms with Crippen molar-refractivity contribution in [3.05, 3.63) is 24.0 Å². The number of anilines is 2. The minimum atomic E-state index is -0.690. The van der Waals surface area contributed by atoms with Crippen LogP contribution < -0.4 is 15.5 Å². The second-order valence-electron chi connectivity index (χ2n) is 6.75. The lowest BCUT2D eigenvalue weighted by molar-refractivity contribution is -0.117. The Morgan fingerprint density at radius 2 is 2.07 bits per heavy atom. The summed E-state index contributed by atoms with van der Waals surface area (Å²) in [4.78, 5) is 42.7. The molecule has 1 aromatic carbocycles. The summed E-state index contributed by atoms with van der Waals surface area (Å²) in [6.07, 6.45) is -0.164. The third kappa shape index (κ3) is 4.50. The molecule has 0 spiro atoms. The maximum absolute atomic E-state index is 14.7. The number of amides is 3. The number of hydroxylamine groups is 2. The van der Waals surface area contributed by atoms with Gasteiger partial charge in [-0.05, 0) is 31.5 Å². The van der Waals surface area contributed by atoms with Gasteiger partial charge < -0.3 is 20.2 Å². The van der Waals surface area contributed by atoms with Crippen LogP contribution in [0.15, 0.2) is 18.2 Å². The number of hydrogen-bond acceptors (Lipinski definition) is 6. The first-order valence-corrected chi connectivity index (χ1v) is 9.07. The van der Waals surface area contributed by atoms with Crippen molar-refractivity contribution in [2.75, 3.05) is 42.6 Å². The van der Waals surface area contributed by atoms with E-state index < -0.39 is 17.9 Å². The average Bonchev–Trinajstić information content (AvgIpc) is 2.85. The number of benzene rings is 1. The molecule has 3 amide bonds. The van der Waals surface area contributed by atoms with Crippen molar-refractivity contribution >= 4 is 29.3 Å². The van der Waals surface area contributed by atoms with E-state index in [2.05, 4.69) is 0 Å². The van der Waals surface area contributed by atoms with Gasteiger partial charge in [-0.25, -0.2) is 19.0 Å². The summed E-state index contributed by atoms with van der Waals surface area (Å²) in [6, 6.07) is 3.82. The molecule has 2 aliphatic rings. The van der Waals surface area contributed by atoms with Crippen LogP contribution in [-0.2, 0) is 14.4 Å². The predicted octanol–water partition coefficient (Wildman–Crippen LogP) is 1.65. The third-order valence-electron chi connectivity index (χ3n) is 4.70. The molecule has 1 aromatic rings. The molecular formula is C18H23FN4O5. The number of rotatable bonds is 5. The molecule has 10 heteroatoms. The van der Waals surface area contributed by atoms with Gasteiger partial charge in [-0.1, -0.05) is 0 Å². The molecule has 2 heterocycles. The number of Topliss-reactive ketones (excluding diaryl/α,β-unsaturated/α-hetero) is 1. The normalized spacial score (nSPS) is 20.1. The van der Waals surface area contributed by atoms with E-state index in [4.69, 9.17) is 15.3 Å². The fourth-order valence-electron chi connectivity index (χ4n) is 3.23. The Labute approximate surface area is 161 Å². The quantitative estimate of drug-likeness (QED) is 0.814. The molecule has 28 heavy (non-hydrogen) atoms. The Kier molecular flexibility index (Phi) is 5.98. The topological polar surface area (TPSA) is 105 Å². The molecule has 2 saturated heterocycles. The average molecular weight is 394 g/mol. The number of carbonyl (C=O) groups excluding carboxylic acids is 3. The molecule has 0 aromatic heterocycles. The summed E-state index contributed by atoms with van der Waals surface area (Å²) in [5, 5.41) is 1.05. The summed E-state index contributed by atoms with van der Waals surface area (Å²) >= 11 is 0. The second kappa shape index (κ2) is 8.42. The SMILES string of the molecule is CC(=O)CC[C@H]1CN(c2ccc(N3CCON(C(N)=O)CC3)c(F)c2)C(=O)O1. The first-order chi connectivity index (χ1) is 13.3. The van der Waals surface area contributed by atoms with Crippen molar-refractivity contribution in [2.24, 2.45) is 5.73 Å². The van der Waals surface area contributed by atoms with E-state index in [9.17, 15) is 18.8 Å². The Morgan fingerprint density at radius 1 is 1.29 bits per heavy atom.